The molecule has 1 saturated heterocycles. The fourth-order valence-electron chi connectivity index (χ4n) is 2.00. The Balaban J connectivity index is 2.48. The molecule has 10 heteroatoms. The van der Waals surface area contributed by atoms with Crippen LogP contribution in [-0.4, -0.2) is 50.8 Å². The van der Waals surface area contributed by atoms with E-state index in [9.17, 15) is 21.2 Å². The van der Waals surface area contributed by atoms with Gasteiger partial charge in [0.05, 0.1) is 10.6 Å². The van der Waals surface area contributed by atoms with E-state index in [2.05, 4.69) is 0 Å². The van der Waals surface area contributed by atoms with Crippen molar-refractivity contribution in [3.05, 3.63) is 24.0 Å². The van der Waals surface area contributed by atoms with Crippen LogP contribution in [0.5, 0.6) is 0 Å². The highest BCUT2D eigenvalue weighted by molar-refractivity contribution is 8.01. The van der Waals surface area contributed by atoms with Crippen LogP contribution in [0, 0.1) is 5.82 Å². The molecule has 1 aromatic carbocycles. The molecule has 118 valence electrons. The molecule has 1 aliphatic heterocycles. The van der Waals surface area contributed by atoms with E-state index < -0.39 is 31.1 Å². The fraction of sp³-hybridized carbons (Fsp3) is 0.455. The van der Waals surface area contributed by atoms with Gasteiger partial charge in [0, 0.05) is 24.3 Å². The highest BCUT2D eigenvalue weighted by atomic mass is 32.2. The molecule has 6 nitrogen and oxygen atoms in total. The highest BCUT2D eigenvalue weighted by Crippen LogP contribution is 2.28. The lowest BCUT2D eigenvalue weighted by Crippen LogP contribution is -2.49. The van der Waals surface area contributed by atoms with Crippen LogP contribution in [0.1, 0.15) is 0 Å². The van der Waals surface area contributed by atoms with E-state index in [1.807, 2.05) is 0 Å². The molecule has 0 aromatic heterocycles. The smallest absolute Gasteiger partial charge is 0.244 e. The molecule has 2 rings (SSSR count). The monoisotopic (exact) mass is 354 g/mol. The number of nitrogens with two attached hydrogens (primary N) is 1. The van der Waals surface area contributed by atoms with Crippen LogP contribution in [0.3, 0.4) is 0 Å². The maximum absolute atomic E-state index is 13.2. The number of rotatable bonds is 3. The van der Waals surface area contributed by atoms with Crippen LogP contribution in [0.4, 0.5) is 10.1 Å². The van der Waals surface area contributed by atoms with Gasteiger partial charge in [-0.3, -0.25) is 0 Å². The molecule has 0 amide bonds. The van der Waals surface area contributed by atoms with Crippen molar-refractivity contribution in [2.75, 3.05) is 30.0 Å². The molecule has 1 atom stereocenters. The second kappa shape index (κ2) is 5.75. The summed E-state index contributed by atoms with van der Waals surface area (Å²) in [5.41, 5.74) is 5.09. The van der Waals surface area contributed by atoms with Crippen LogP contribution in [-0.2, 0) is 19.9 Å². The maximum Gasteiger partial charge on any atom is 0.244 e. The minimum absolute atomic E-state index is 0.0853. The van der Waals surface area contributed by atoms with Gasteiger partial charge in [-0.15, -0.1) is 0 Å². The number of sulfonamides is 1. The van der Waals surface area contributed by atoms with Gasteiger partial charge in [0.1, 0.15) is 11.2 Å². The van der Waals surface area contributed by atoms with Gasteiger partial charge in [0.15, 0.2) is 9.84 Å². The Morgan fingerprint density at radius 2 is 2.00 bits per heavy atom. The first-order valence-electron chi connectivity index (χ1n) is 5.97. The predicted octanol–water partition coefficient (Wildman–Crippen LogP) is 0.516. The Morgan fingerprint density at radius 1 is 1.33 bits per heavy atom. The van der Waals surface area contributed by atoms with Crippen molar-refractivity contribution >= 4 is 37.3 Å². The molecule has 1 heterocycles. The molecule has 0 saturated carbocycles. The van der Waals surface area contributed by atoms with Gasteiger partial charge in [-0.05, 0) is 18.2 Å². The van der Waals surface area contributed by atoms with Crippen LogP contribution in [0.25, 0.3) is 0 Å². The van der Waals surface area contributed by atoms with Crippen molar-refractivity contribution in [1.82, 2.24) is 4.31 Å². The Bertz CT molecular complexity index is 749. The number of thioether (sulfide) groups is 1. The summed E-state index contributed by atoms with van der Waals surface area (Å²) in [5, 5.41) is -1.12. The molecule has 21 heavy (non-hydrogen) atoms. The molecule has 1 aliphatic rings. The third kappa shape index (κ3) is 3.33. The van der Waals surface area contributed by atoms with Gasteiger partial charge in [0.25, 0.3) is 0 Å². The molecule has 1 aromatic rings. The highest BCUT2D eigenvalue weighted by Gasteiger charge is 2.39. The van der Waals surface area contributed by atoms with Crippen LogP contribution in [0.15, 0.2) is 23.1 Å². The first kappa shape index (κ1) is 16.5. The molecule has 1 unspecified atom stereocenters. The van der Waals surface area contributed by atoms with Crippen molar-refractivity contribution in [2.24, 2.45) is 0 Å². The third-order valence-electron chi connectivity index (χ3n) is 3.11. The maximum atomic E-state index is 13.2. The van der Waals surface area contributed by atoms with Crippen molar-refractivity contribution in [3.63, 3.8) is 0 Å². The number of halogens is 1. The van der Waals surface area contributed by atoms with Crippen LogP contribution < -0.4 is 5.73 Å². The van der Waals surface area contributed by atoms with Crippen LogP contribution in [0.2, 0.25) is 0 Å². The molecule has 0 spiro atoms. The summed E-state index contributed by atoms with van der Waals surface area (Å²) in [7, 11) is -7.60. The van der Waals surface area contributed by atoms with E-state index in [-0.39, 0.29) is 22.9 Å². The number of hydrogen-bond donors (Lipinski definition) is 1. The summed E-state index contributed by atoms with van der Waals surface area (Å²) in [6, 6.07) is 3.05. The standard InChI is InChI=1S/C11H15FN2O4S3/c1-20(15,16)11-7-19-5-4-14(11)21(17,18)8-2-3-9(12)10(13)6-8/h2-3,6,11H,4-5,7,13H2,1H3. The van der Waals surface area contributed by atoms with Crippen molar-refractivity contribution in [3.8, 4) is 0 Å². The van der Waals surface area contributed by atoms with Crippen molar-refractivity contribution in [2.45, 2.75) is 10.3 Å². The number of nitrogens with zero attached hydrogens (tertiary/aromatic N) is 1. The number of anilines is 1. The predicted molar refractivity (Wildman–Crippen MR) is 80.7 cm³/mol. The Morgan fingerprint density at radius 3 is 2.57 bits per heavy atom. The topological polar surface area (TPSA) is 97.5 Å². The normalized spacial score (nSPS) is 21.3. The molecule has 2 N–H and O–H groups in total. The molecule has 0 bridgehead atoms. The molecule has 0 radical (unpaired) electrons. The molecular weight excluding hydrogens is 339 g/mol. The summed E-state index contributed by atoms with van der Waals surface area (Å²) in [5.74, 6) is -0.0424. The zero-order valence-electron chi connectivity index (χ0n) is 11.2. The quantitative estimate of drug-likeness (QED) is 0.795. The fourth-order valence-corrected chi connectivity index (χ4v) is 7.20. The lowest BCUT2D eigenvalue weighted by Gasteiger charge is -2.32. The minimum atomic E-state index is -4.04. The Kier molecular flexibility index (Phi) is 4.52. The lowest BCUT2D eigenvalue weighted by atomic mass is 10.3. The van der Waals surface area contributed by atoms with E-state index >= 15 is 0 Å². The summed E-state index contributed by atoms with van der Waals surface area (Å²) in [4.78, 5) is -0.207. The number of nitrogen functional groups attached to an aromatic ring is 1. The van der Waals surface area contributed by atoms with Gasteiger partial charge < -0.3 is 5.73 Å². The van der Waals surface area contributed by atoms with Crippen LogP contribution >= 0.6 is 11.8 Å². The zero-order chi connectivity index (χ0) is 15.8. The van der Waals surface area contributed by atoms with Gasteiger partial charge in [-0.1, -0.05) is 0 Å². The first-order chi connectivity index (χ1) is 9.64. The third-order valence-corrected chi connectivity index (χ3v) is 7.79. The summed E-state index contributed by atoms with van der Waals surface area (Å²) in [6.45, 7) is 0.0853. The molecule has 0 aliphatic carbocycles. The van der Waals surface area contributed by atoms with E-state index in [0.717, 1.165) is 28.8 Å². The second-order valence-corrected chi connectivity index (χ2v) is 9.90. The van der Waals surface area contributed by atoms with E-state index in [1.54, 1.807) is 0 Å². The minimum Gasteiger partial charge on any atom is -0.396 e. The van der Waals surface area contributed by atoms with Gasteiger partial charge in [-0.25, -0.2) is 21.2 Å². The Hall–Kier alpha value is -0.840. The number of benzene rings is 1. The van der Waals surface area contributed by atoms with Gasteiger partial charge in [-0.2, -0.15) is 16.1 Å². The second-order valence-electron chi connectivity index (χ2n) is 4.66. The molecular formula is C11H15FN2O4S3. The summed E-state index contributed by atoms with van der Waals surface area (Å²) < 4.78 is 62.9. The van der Waals surface area contributed by atoms with Gasteiger partial charge in [0.2, 0.25) is 10.0 Å². The van der Waals surface area contributed by atoms with Gasteiger partial charge >= 0.3 is 0 Å². The SMILES string of the molecule is CS(=O)(=O)C1CSCCN1S(=O)(=O)c1ccc(F)c(N)c1. The average molecular weight is 354 g/mol. The largest absolute Gasteiger partial charge is 0.396 e. The zero-order valence-corrected chi connectivity index (χ0v) is 13.6. The van der Waals surface area contributed by atoms with E-state index in [1.165, 1.54) is 11.8 Å². The lowest BCUT2D eigenvalue weighted by molar-refractivity contribution is 0.405. The molecule has 1 fully saturated rings. The number of sulfone groups is 1. The van der Waals surface area contributed by atoms with Crippen molar-refractivity contribution < 1.29 is 21.2 Å². The van der Waals surface area contributed by atoms with E-state index in [0.29, 0.717) is 5.75 Å². The van der Waals surface area contributed by atoms with E-state index in [4.69, 9.17) is 5.73 Å². The average Bonchev–Trinajstić information content (AvgIpc) is 2.41. The van der Waals surface area contributed by atoms with Crippen molar-refractivity contribution in [1.29, 1.82) is 0 Å². The Labute approximate surface area is 127 Å². The number of hydrogen-bond acceptors (Lipinski definition) is 6. The summed E-state index contributed by atoms with van der Waals surface area (Å²) >= 11 is 1.38. The first-order valence-corrected chi connectivity index (χ1v) is 10.5. The summed E-state index contributed by atoms with van der Waals surface area (Å²) in [6.07, 6.45) is 1.01.